The molecule has 8 nitrogen and oxygen atoms in total. The van der Waals surface area contributed by atoms with Gasteiger partial charge < -0.3 is 25.4 Å². The zero-order valence-electron chi connectivity index (χ0n) is 14.8. The van der Waals surface area contributed by atoms with Crippen molar-refractivity contribution in [1.29, 1.82) is 0 Å². The molecular weight excluding hydrogens is 322 g/mol. The fraction of sp³-hybridized carbons (Fsp3) is 0.588. The second-order valence-corrected chi connectivity index (χ2v) is 5.89. The van der Waals surface area contributed by atoms with E-state index in [4.69, 9.17) is 4.74 Å². The predicted molar refractivity (Wildman–Crippen MR) is 95.3 cm³/mol. The number of ether oxygens (including phenoxy) is 1. The lowest BCUT2D eigenvalue weighted by atomic mass is 10.1. The summed E-state index contributed by atoms with van der Waals surface area (Å²) in [7, 11) is 1.40. The van der Waals surface area contributed by atoms with Crippen LogP contribution < -0.4 is 10.6 Å². The summed E-state index contributed by atoms with van der Waals surface area (Å²) in [5.74, 6) is 0.673. The summed E-state index contributed by atoms with van der Waals surface area (Å²) in [6.07, 6.45) is 4.01. The molecule has 0 saturated carbocycles. The number of pyridine rings is 1. The minimum absolute atomic E-state index is 0.233. The molecule has 1 aromatic rings. The number of aliphatic hydroxyl groups excluding tert-OH is 1. The number of amides is 1. The van der Waals surface area contributed by atoms with E-state index < -0.39 is 6.10 Å². The topological polar surface area (TPSA) is 99.1 Å². The summed E-state index contributed by atoms with van der Waals surface area (Å²) < 4.78 is 4.75. The lowest BCUT2D eigenvalue weighted by Crippen LogP contribution is -2.49. The van der Waals surface area contributed by atoms with Gasteiger partial charge in [0.2, 0.25) is 0 Å². The van der Waals surface area contributed by atoms with Gasteiger partial charge in [-0.25, -0.2) is 4.79 Å². The Morgan fingerprint density at radius 3 is 2.72 bits per heavy atom. The number of piperidine rings is 1. The molecule has 0 aromatic carbocycles. The third kappa shape index (κ3) is 5.90. The van der Waals surface area contributed by atoms with Crippen LogP contribution in [0.3, 0.4) is 0 Å². The Morgan fingerprint density at radius 1 is 1.44 bits per heavy atom. The first-order chi connectivity index (χ1) is 12.1. The molecule has 8 heteroatoms. The summed E-state index contributed by atoms with van der Waals surface area (Å²) in [6.45, 7) is 4.31. The lowest BCUT2D eigenvalue weighted by Gasteiger charge is -2.32. The van der Waals surface area contributed by atoms with Gasteiger partial charge in [-0.05, 0) is 37.5 Å². The van der Waals surface area contributed by atoms with E-state index in [-0.39, 0.29) is 18.7 Å². The molecule has 1 aliphatic rings. The van der Waals surface area contributed by atoms with E-state index in [1.165, 1.54) is 7.11 Å². The van der Waals surface area contributed by atoms with Crippen molar-refractivity contribution in [2.24, 2.45) is 4.99 Å². The Bertz CT molecular complexity index is 559. The standard InChI is InChI=1S/C17H27N5O3/c1-3-19-16(20-12-15(23)13-4-8-18-9-5-13)21-14-6-10-22(11-7-14)17(24)25-2/h4-5,8-9,14-15,23H,3,6-7,10-12H2,1-2H3,(H2,19,20,21). The summed E-state index contributed by atoms with van der Waals surface area (Å²) >= 11 is 0. The number of carbonyl (C=O) groups is 1. The molecule has 0 aliphatic carbocycles. The van der Waals surface area contributed by atoms with Crippen LogP contribution in [0.5, 0.6) is 0 Å². The van der Waals surface area contributed by atoms with Gasteiger partial charge in [-0.15, -0.1) is 0 Å². The first-order valence-corrected chi connectivity index (χ1v) is 8.59. The average molecular weight is 349 g/mol. The van der Waals surface area contributed by atoms with Crippen molar-refractivity contribution in [3.63, 3.8) is 0 Å². The van der Waals surface area contributed by atoms with E-state index in [0.717, 1.165) is 24.9 Å². The van der Waals surface area contributed by atoms with Crippen LogP contribution in [-0.4, -0.2) is 66.4 Å². The van der Waals surface area contributed by atoms with Gasteiger partial charge in [-0.1, -0.05) is 0 Å². The Labute approximate surface area is 148 Å². The highest BCUT2D eigenvalue weighted by Crippen LogP contribution is 2.13. The predicted octanol–water partition coefficient (Wildman–Crippen LogP) is 0.901. The number of guanidine groups is 1. The normalized spacial score (nSPS) is 17.1. The van der Waals surface area contributed by atoms with Gasteiger partial charge in [0.25, 0.3) is 0 Å². The van der Waals surface area contributed by atoms with Crippen molar-refractivity contribution >= 4 is 12.1 Å². The fourth-order valence-corrected chi connectivity index (χ4v) is 2.72. The van der Waals surface area contributed by atoms with Crippen molar-refractivity contribution in [3.8, 4) is 0 Å². The van der Waals surface area contributed by atoms with Crippen LogP contribution in [0.15, 0.2) is 29.5 Å². The van der Waals surface area contributed by atoms with Crippen LogP contribution >= 0.6 is 0 Å². The molecule has 1 aliphatic heterocycles. The minimum atomic E-state index is -0.667. The Kier molecular flexibility index (Phi) is 7.46. The lowest BCUT2D eigenvalue weighted by molar-refractivity contribution is 0.111. The maximum atomic E-state index is 11.5. The molecule has 1 fully saturated rings. The largest absolute Gasteiger partial charge is 0.453 e. The highest BCUT2D eigenvalue weighted by molar-refractivity contribution is 5.80. The Hall–Kier alpha value is -2.35. The van der Waals surface area contributed by atoms with Crippen LogP contribution in [0.2, 0.25) is 0 Å². The Morgan fingerprint density at radius 2 is 2.12 bits per heavy atom. The highest BCUT2D eigenvalue weighted by Gasteiger charge is 2.23. The molecule has 1 amide bonds. The van der Waals surface area contributed by atoms with E-state index in [0.29, 0.717) is 19.0 Å². The van der Waals surface area contributed by atoms with E-state index in [9.17, 15) is 9.90 Å². The summed E-state index contributed by atoms with van der Waals surface area (Å²) in [6, 6.07) is 3.79. The van der Waals surface area contributed by atoms with Gasteiger partial charge in [0.1, 0.15) is 0 Å². The van der Waals surface area contributed by atoms with Crippen molar-refractivity contribution in [2.45, 2.75) is 31.9 Å². The molecule has 138 valence electrons. The quantitative estimate of drug-likeness (QED) is 0.540. The van der Waals surface area contributed by atoms with Crippen LogP contribution in [0.25, 0.3) is 0 Å². The molecule has 1 aromatic heterocycles. The van der Waals surface area contributed by atoms with Gasteiger partial charge >= 0.3 is 6.09 Å². The first-order valence-electron chi connectivity index (χ1n) is 8.59. The maximum Gasteiger partial charge on any atom is 0.409 e. The van der Waals surface area contributed by atoms with Crippen LogP contribution in [0, 0.1) is 0 Å². The molecule has 0 spiro atoms. The highest BCUT2D eigenvalue weighted by atomic mass is 16.5. The number of hydrogen-bond donors (Lipinski definition) is 3. The molecule has 2 rings (SSSR count). The first kappa shape index (κ1) is 19.0. The minimum Gasteiger partial charge on any atom is -0.453 e. The molecule has 25 heavy (non-hydrogen) atoms. The Balaban J connectivity index is 1.87. The van der Waals surface area contributed by atoms with E-state index in [1.54, 1.807) is 29.4 Å². The number of nitrogens with one attached hydrogen (secondary N) is 2. The third-order valence-electron chi connectivity index (χ3n) is 4.13. The number of likely N-dealkylation sites (tertiary alicyclic amines) is 1. The number of aliphatic hydroxyl groups is 1. The number of hydrogen-bond acceptors (Lipinski definition) is 5. The second kappa shape index (κ2) is 9.83. The molecule has 3 N–H and O–H groups in total. The maximum absolute atomic E-state index is 11.5. The number of carbonyl (C=O) groups excluding carboxylic acids is 1. The monoisotopic (exact) mass is 349 g/mol. The van der Waals surface area contributed by atoms with Crippen LogP contribution in [0.1, 0.15) is 31.4 Å². The van der Waals surface area contributed by atoms with Crippen molar-refractivity contribution < 1.29 is 14.6 Å². The summed E-state index contributed by atoms with van der Waals surface area (Å²) in [5.41, 5.74) is 0.793. The van der Waals surface area contributed by atoms with Crippen LogP contribution in [-0.2, 0) is 4.74 Å². The molecule has 0 radical (unpaired) electrons. The fourth-order valence-electron chi connectivity index (χ4n) is 2.72. The third-order valence-corrected chi connectivity index (χ3v) is 4.13. The van der Waals surface area contributed by atoms with Crippen molar-refractivity contribution in [3.05, 3.63) is 30.1 Å². The molecular formula is C17H27N5O3. The van der Waals surface area contributed by atoms with E-state index >= 15 is 0 Å². The number of rotatable bonds is 5. The summed E-state index contributed by atoms with van der Waals surface area (Å²) in [4.78, 5) is 21.6. The van der Waals surface area contributed by atoms with Crippen molar-refractivity contribution in [1.82, 2.24) is 20.5 Å². The molecule has 1 saturated heterocycles. The zero-order chi connectivity index (χ0) is 18.1. The van der Waals surface area contributed by atoms with Crippen molar-refractivity contribution in [2.75, 3.05) is 33.3 Å². The average Bonchev–Trinajstić information content (AvgIpc) is 2.66. The van der Waals surface area contributed by atoms with Crippen LogP contribution in [0.4, 0.5) is 4.79 Å². The number of methoxy groups -OCH3 is 1. The number of aliphatic imine (C=N–C) groups is 1. The molecule has 0 bridgehead atoms. The molecule has 1 atom stereocenters. The molecule has 2 heterocycles. The smallest absolute Gasteiger partial charge is 0.409 e. The van der Waals surface area contributed by atoms with Gasteiger partial charge in [0.05, 0.1) is 19.8 Å². The second-order valence-electron chi connectivity index (χ2n) is 5.89. The SMILES string of the molecule is CCNC(=NCC(O)c1ccncc1)NC1CCN(C(=O)OC)CC1. The van der Waals surface area contributed by atoms with Gasteiger partial charge in [-0.2, -0.15) is 0 Å². The zero-order valence-corrected chi connectivity index (χ0v) is 14.8. The number of nitrogens with zero attached hydrogens (tertiary/aromatic N) is 3. The van der Waals surface area contributed by atoms with Gasteiger partial charge in [0.15, 0.2) is 5.96 Å². The molecule has 1 unspecified atom stereocenters. The van der Waals surface area contributed by atoms with Gasteiger partial charge in [0, 0.05) is 38.1 Å². The van der Waals surface area contributed by atoms with E-state index in [2.05, 4.69) is 20.6 Å². The number of aromatic nitrogens is 1. The van der Waals surface area contributed by atoms with Gasteiger partial charge in [-0.3, -0.25) is 9.98 Å². The van der Waals surface area contributed by atoms with E-state index in [1.807, 2.05) is 6.92 Å². The summed E-state index contributed by atoms with van der Waals surface area (Å²) in [5, 5.41) is 16.8.